The Hall–Kier alpha value is -1.41. The number of aromatic amines is 1. The Balaban J connectivity index is 3.46. The van der Waals surface area contributed by atoms with Crippen LogP contribution < -0.4 is 11.3 Å². The normalized spacial score (nSPS) is 9.79. The number of nitrogens with zero attached hydrogens (tertiary/aromatic N) is 1. The van der Waals surface area contributed by atoms with Gasteiger partial charge in [0.2, 0.25) is 0 Å². The highest BCUT2D eigenvalue weighted by Crippen LogP contribution is 2.26. The second-order valence-electron chi connectivity index (χ2n) is 2.74. The van der Waals surface area contributed by atoms with Gasteiger partial charge in [0.25, 0.3) is 5.56 Å². The summed E-state index contributed by atoms with van der Waals surface area (Å²) in [5.41, 5.74) is 6.05. The second kappa shape index (κ2) is 4.20. The summed E-state index contributed by atoms with van der Waals surface area (Å²) in [6.45, 7) is 3.73. The van der Waals surface area contributed by atoms with E-state index in [4.69, 9.17) is 11.0 Å². The molecule has 3 N–H and O–H groups in total. The fourth-order valence-corrected chi connectivity index (χ4v) is 2.01. The van der Waals surface area contributed by atoms with Crippen molar-refractivity contribution in [2.45, 2.75) is 18.7 Å². The van der Waals surface area contributed by atoms with Crippen LogP contribution in [0.15, 0.2) is 9.69 Å². The number of H-pyrrole nitrogens is 1. The summed E-state index contributed by atoms with van der Waals surface area (Å²) in [6.07, 6.45) is 0. The van der Waals surface area contributed by atoms with Crippen molar-refractivity contribution in [3.05, 3.63) is 21.5 Å². The molecule has 0 aliphatic rings. The maximum Gasteiger partial charge on any atom is 0.267 e. The molecule has 0 aliphatic carbocycles. The number of thioether (sulfide) groups is 1. The van der Waals surface area contributed by atoms with E-state index in [0.29, 0.717) is 11.4 Å². The van der Waals surface area contributed by atoms with Crippen LogP contribution in [0.1, 0.15) is 18.1 Å². The quantitative estimate of drug-likeness (QED) is 0.718. The Morgan fingerprint density at radius 2 is 2.29 bits per heavy atom. The van der Waals surface area contributed by atoms with Crippen molar-refractivity contribution in [2.24, 2.45) is 0 Å². The summed E-state index contributed by atoms with van der Waals surface area (Å²) < 4.78 is 0. The third-order valence-corrected chi connectivity index (χ3v) is 2.94. The lowest BCUT2D eigenvalue weighted by molar-refractivity contribution is 1.12. The third-order valence-electron chi connectivity index (χ3n) is 1.84. The number of nitrogen functional groups attached to an aromatic ring is 1. The van der Waals surface area contributed by atoms with Crippen molar-refractivity contribution < 1.29 is 0 Å². The van der Waals surface area contributed by atoms with Crippen molar-refractivity contribution in [3.63, 3.8) is 0 Å². The van der Waals surface area contributed by atoms with E-state index < -0.39 is 5.56 Å². The van der Waals surface area contributed by atoms with Gasteiger partial charge < -0.3 is 10.7 Å². The second-order valence-corrected chi connectivity index (χ2v) is 4.02. The van der Waals surface area contributed by atoms with Gasteiger partial charge in [-0.3, -0.25) is 4.79 Å². The summed E-state index contributed by atoms with van der Waals surface area (Å²) in [5, 5.41) is 8.76. The zero-order valence-corrected chi connectivity index (χ0v) is 8.86. The molecule has 0 amide bonds. The molecule has 0 atom stereocenters. The van der Waals surface area contributed by atoms with Crippen LogP contribution in [-0.2, 0) is 0 Å². The Kier molecular flexibility index (Phi) is 3.20. The molecule has 0 bridgehead atoms. The molecule has 0 fully saturated rings. The average Bonchev–Trinajstić information content (AvgIpc) is 2.12. The number of hydrogen-bond donors (Lipinski definition) is 2. The molecule has 0 unspecified atom stereocenters. The van der Waals surface area contributed by atoms with E-state index in [2.05, 4.69) is 4.98 Å². The molecule has 5 heteroatoms. The van der Waals surface area contributed by atoms with Crippen LogP contribution in [0.25, 0.3) is 0 Å². The van der Waals surface area contributed by atoms with E-state index in [0.717, 1.165) is 10.6 Å². The first-order valence-electron chi connectivity index (χ1n) is 4.17. The van der Waals surface area contributed by atoms with E-state index in [1.54, 1.807) is 6.92 Å². The lowest BCUT2D eigenvalue weighted by atomic mass is 10.2. The fourth-order valence-electron chi connectivity index (χ4n) is 1.19. The molecule has 1 aromatic heterocycles. The molecule has 0 saturated heterocycles. The first kappa shape index (κ1) is 10.7. The smallest absolute Gasteiger partial charge is 0.267 e. The van der Waals surface area contributed by atoms with Crippen molar-refractivity contribution in [1.29, 1.82) is 5.26 Å². The Morgan fingerprint density at radius 1 is 1.64 bits per heavy atom. The van der Waals surface area contributed by atoms with Crippen molar-refractivity contribution in [3.8, 4) is 6.07 Å². The highest BCUT2D eigenvalue weighted by Gasteiger charge is 2.11. The van der Waals surface area contributed by atoms with Crippen LogP contribution >= 0.6 is 11.8 Å². The van der Waals surface area contributed by atoms with E-state index in [1.807, 2.05) is 13.0 Å². The minimum atomic E-state index is -0.414. The highest BCUT2D eigenvalue weighted by molar-refractivity contribution is 7.99. The number of pyridine rings is 1. The molecule has 4 nitrogen and oxygen atoms in total. The molecule has 1 rings (SSSR count). The van der Waals surface area contributed by atoms with Gasteiger partial charge in [-0.25, -0.2) is 0 Å². The summed E-state index contributed by atoms with van der Waals surface area (Å²) in [6, 6.07) is 1.88. The average molecular weight is 209 g/mol. The zero-order valence-electron chi connectivity index (χ0n) is 8.05. The fraction of sp³-hybridized carbons (Fsp3) is 0.333. The first-order chi connectivity index (χ1) is 6.61. The van der Waals surface area contributed by atoms with E-state index >= 15 is 0 Å². The largest absolute Gasteiger partial charge is 0.384 e. The van der Waals surface area contributed by atoms with Crippen LogP contribution in [0.5, 0.6) is 0 Å². The molecular formula is C9H11N3OS. The molecule has 1 aromatic rings. The van der Waals surface area contributed by atoms with Crippen LogP contribution in [0.2, 0.25) is 0 Å². The van der Waals surface area contributed by atoms with Crippen LogP contribution in [0.4, 0.5) is 5.82 Å². The summed E-state index contributed by atoms with van der Waals surface area (Å²) in [4.78, 5) is 14.5. The van der Waals surface area contributed by atoms with Gasteiger partial charge in [0.1, 0.15) is 17.5 Å². The Bertz CT molecular complexity index is 445. The minimum Gasteiger partial charge on any atom is -0.384 e. The van der Waals surface area contributed by atoms with E-state index in [9.17, 15) is 4.79 Å². The number of nitrogens with one attached hydrogen (secondary N) is 1. The molecule has 0 radical (unpaired) electrons. The van der Waals surface area contributed by atoms with Gasteiger partial charge in [-0.15, -0.1) is 11.8 Å². The summed E-state index contributed by atoms with van der Waals surface area (Å²) in [5.74, 6) is 1.19. The number of aromatic nitrogens is 1. The Morgan fingerprint density at radius 3 is 2.79 bits per heavy atom. The molecular weight excluding hydrogens is 198 g/mol. The van der Waals surface area contributed by atoms with Gasteiger partial charge in [0.15, 0.2) is 0 Å². The van der Waals surface area contributed by atoms with Crippen LogP contribution in [-0.4, -0.2) is 10.7 Å². The minimum absolute atomic E-state index is 0.148. The molecule has 0 aromatic carbocycles. The van der Waals surface area contributed by atoms with Crippen molar-refractivity contribution in [2.75, 3.05) is 11.5 Å². The molecule has 74 valence electrons. The lowest BCUT2D eigenvalue weighted by Crippen LogP contribution is -2.15. The summed E-state index contributed by atoms with van der Waals surface area (Å²) in [7, 11) is 0. The molecule has 0 saturated carbocycles. The maximum atomic E-state index is 11.3. The monoisotopic (exact) mass is 209 g/mol. The number of nitrogens with two attached hydrogens (primary N) is 1. The lowest BCUT2D eigenvalue weighted by Gasteiger charge is -2.07. The standard InChI is InChI=1S/C9H11N3OS/c1-3-14-7-5(2)6(4-10)9(13)12-8(7)11/h3H2,1-2H3,(H3,11,12,13). The SMILES string of the molecule is CCSc1c(N)[nH]c(=O)c(C#N)c1C. The van der Waals surface area contributed by atoms with Gasteiger partial charge >= 0.3 is 0 Å². The van der Waals surface area contributed by atoms with Crippen LogP contribution in [0, 0.1) is 18.3 Å². The number of rotatable bonds is 2. The van der Waals surface area contributed by atoms with Gasteiger partial charge in [0.05, 0.1) is 4.90 Å². The van der Waals surface area contributed by atoms with Gasteiger partial charge in [-0.05, 0) is 18.2 Å². The van der Waals surface area contributed by atoms with E-state index in [-0.39, 0.29) is 5.56 Å². The van der Waals surface area contributed by atoms with E-state index in [1.165, 1.54) is 11.8 Å². The number of hydrogen-bond acceptors (Lipinski definition) is 4. The van der Waals surface area contributed by atoms with Crippen molar-refractivity contribution in [1.82, 2.24) is 4.98 Å². The zero-order chi connectivity index (χ0) is 10.7. The molecule has 1 heterocycles. The number of nitriles is 1. The Labute approximate surface area is 86.1 Å². The molecule has 0 spiro atoms. The predicted octanol–water partition coefficient (Wildman–Crippen LogP) is 1.25. The van der Waals surface area contributed by atoms with Crippen LogP contribution in [0.3, 0.4) is 0 Å². The summed E-state index contributed by atoms with van der Waals surface area (Å²) >= 11 is 1.52. The number of anilines is 1. The van der Waals surface area contributed by atoms with Gasteiger partial charge in [-0.1, -0.05) is 6.92 Å². The predicted molar refractivity (Wildman–Crippen MR) is 57.3 cm³/mol. The third kappa shape index (κ3) is 1.75. The van der Waals surface area contributed by atoms with Gasteiger partial charge in [-0.2, -0.15) is 5.26 Å². The van der Waals surface area contributed by atoms with Crippen molar-refractivity contribution >= 4 is 17.6 Å². The molecule has 14 heavy (non-hydrogen) atoms. The first-order valence-corrected chi connectivity index (χ1v) is 5.15. The maximum absolute atomic E-state index is 11.3. The molecule has 0 aliphatic heterocycles. The topological polar surface area (TPSA) is 82.7 Å². The highest BCUT2D eigenvalue weighted by atomic mass is 32.2. The van der Waals surface area contributed by atoms with Gasteiger partial charge in [0, 0.05) is 0 Å².